The molecule has 1 heterocycles. The zero-order chi connectivity index (χ0) is 15.4. The Balaban J connectivity index is 2.16. The van der Waals surface area contributed by atoms with E-state index in [0.717, 1.165) is 0 Å². The summed E-state index contributed by atoms with van der Waals surface area (Å²) in [5, 5.41) is 7.36. The molecule has 0 saturated heterocycles. The summed E-state index contributed by atoms with van der Waals surface area (Å²) in [5.41, 5.74) is 1.55. The number of aromatic nitrogens is 2. The van der Waals surface area contributed by atoms with E-state index in [1.165, 1.54) is 18.3 Å². The summed E-state index contributed by atoms with van der Waals surface area (Å²) in [6.45, 7) is 2.32. The maximum atomic E-state index is 13.3. The topological polar surface area (TPSA) is 56.1 Å². The van der Waals surface area contributed by atoms with Crippen LogP contribution in [0.3, 0.4) is 0 Å². The third-order valence-electron chi connectivity index (χ3n) is 2.88. The summed E-state index contributed by atoms with van der Waals surface area (Å²) in [7, 11) is 1.72. The predicted octanol–water partition coefficient (Wildman–Crippen LogP) is 3.00. The Morgan fingerprint density at radius 1 is 1.48 bits per heavy atom. The molecular weight excluding hydrogens is 297 g/mol. The molecule has 2 aromatic rings. The van der Waals surface area contributed by atoms with Gasteiger partial charge in [-0.05, 0) is 25.1 Å². The maximum absolute atomic E-state index is 13.3. The van der Waals surface area contributed by atoms with Gasteiger partial charge in [-0.15, -0.1) is 0 Å². The molecule has 1 aromatic carbocycles. The molecule has 0 aliphatic heterocycles. The molecule has 0 atom stereocenters. The van der Waals surface area contributed by atoms with Crippen LogP contribution in [-0.2, 0) is 18.3 Å². The quantitative estimate of drug-likeness (QED) is 0.862. The zero-order valence-electron chi connectivity index (χ0n) is 11.7. The largest absolute Gasteiger partial charge is 0.462 e. The molecule has 0 amide bonds. The molecule has 112 valence electrons. The Morgan fingerprint density at radius 2 is 2.24 bits per heavy atom. The Bertz CT molecular complexity index is 637. The van der Waals surface area contributed by atoms with Gasteiger partial charge in [-0.2, -0.15) is 5.10 Å². The van der Waals surface area contributed by atoms with Gasteiger partial charge in [-0.1, -0.05) is 11.6 Å². The van der Waals surface area contributed by atoms with Crippen LogP contribution >= 0.6 is 11.6 Å². The lowest BCUT2D eigenvalue weighted by molar-refractivity contribution is 0.0525. The third-order valence-corrected chi connectivity index (χ3v) is 3.10. The van der Waals surface area contributed by atoms with Gasteiger partial charge in [0.05, 0.1) is 25.0 Å². The number of hydrogen-bond acceptors (Lipinski definition) is 4. The number of halogens is 2. The van der Waals surface area contributed by atoms with Gasteiger partial charge in [-0.3, -0.25) is 4.68 Å². The van der Waals surface area contributed by atoms with Gasteiger partial charge < -0.3 is 10.1 Å². The van der Waals surface area contributed by atoms with Crippen LogP contribution in [0.15, 0.2) is 24.4 Å². The smallest absolute Gasteiger partial charge is 0.341 e. The molecule has 0 aliphatic carbocycles. The number of esters is 1. The zero-order valence-corrected chi connectivity index (χ0v) is 12.4. The maximum Gasteiger partial charge on any atom is 0.341 e. The number of carbonyl (C=O) groups excluding carboxylic acids is 1. The van der Waals surface area contributed by atoms with E-state index in [4.69, 9.17) is 16.3 Å². The van der Waals surface area contributed by atoms with Crippen LogP contribution in [-0.4, -0.2) is 22.4 Å². The SMILES string of the molecule is CCOC(=O)c1cnn(C)c1CNc1cc(F)cc(Cl)c1. The lowest BCUT2D eigenvalue weighted by Gasteiger charge is -2.09. The van der Waals surface area contributed by atoms with Crippen molar-refractivity contribution in [1.82, 2.24) is 9.78 Å². The van der Waals surface area contributed by atoms with Gasteiger partial charge >= 0.3 is 5.97 Å². The van der Waals surface area contributed by atoms with E-state index in [1.54, 1.807) is 24.7 Å². The van der Waals surface area contributed by atoms with Crippen molar-refractivity contribution in [1.29, 1.82) is 0 Å². The van der Waals surface area contributed by atoms with Crippen LogP contribution in [0.2, 0.25) is 5.02 Å². The number of nitrogens with zero attached hydrogens (tertiary/aromatic N) is 2. The van der Waals surface area contributed by atoms with Crippen molar-refractivity contribution >= 4 is 23.3 Å². The summed E-state index contributed by atoms with van der Waals surface area (Å²) in [4.78, 5) is 11.8. The molecule has 1 N–H and O–H groups in total. The first-order chi connectivity index (χ1) is 10.0. The van der Waals surface area contributed by atoms with Crippen molar-refractivity contribution in [3.05, 3.63) is 46.5 Å². The molecule has 5 nitrogen and oxygen atoms in total. The highest BCUT2D eigenvalue weighted by atomic mass is 35.5. The first kappa shape index (κ1) is 15.3. The Kier molecular flexibility index (Phi) is 4.80. The summed E-state index contributed by atoms with van der Waals surface area (Å²) >= 11 is 5.79. The minimum Gasteiger partial charge on any atom is -0.462 e. The molecule has 0 aliphatic rings. The van der Waals surface area contributed by atoms with Crippen molar-refractivity contribution in [2.24, 2.45) is 7.05 Å². The van der Waals surface area contributed by atoms with E-state index < -0.39 is 11.8 Å². The van der Waals surface area contributed by atoms with Crippen molar-refractivity contribution < 1.29 is 13.9 Å². The highest BCUT2D eigenvalue weighted by Crippen LogP contribution is 2.19. The number of ether oxygens (including phenoxy) is 1. The summed E-state index contributed by atoms with van der Waals surface area (Å²) < 4.78 is 19.8. The van der Waals surface area contributed by atoms with Crippen LogP contribution < -0.4 is 5.32 Å². The fraction of sp³-hybridized carbons (Fsp3) is 0.286. The van der Waals surface area contributed by atoms with Crippen molar-refractivity contribution in [3.8, 4) is 0 Å². The highest BCUT2D eigenvalue weighted by Gasteiger charge is 2.16. The number of anilines is 1. The number of nitrogens with one attached hydrogen (secondary N) is 1. The van der Waals surface area contributed by atoms with Crippen LogP contribution in [0, 0.1) is 5.82 Å². The van der Waals surface area contributed by atoms with E-state index in [9.17, 15) is 9.18 Å². The average Bonchev–Trinajstić information content (AvgIpc) is 2.77. The minimum absolute atomic E-state index is 0.292. The molecule has 0 fully saturated rings. The Morgan fingerprint density at radius 3 is 2.90 bits per heavy atom. The Hall–Kier alpha value is -2.08. The second-order valence-electron chi connectivity index (χ2n) is 4.36. The van der Waals surface area contributed by atoms with Gasteiger partial charge in [-0.25, -0.2) is 9.18 Å². The fourth-order valence-electron chi connectivity index (χ4n) is 1.89. The molecule has 7 heteroatoms. The summed E-state index contributed by atoms with van der Waals surface area (Å²) in [5.74, 6) is -0.861. The molecule has 0 spiro atoms. The van der Waals surface area contributed by atoms with E-state index >= 15 is 0 Å². The average molecular weight is 312 g/mol. The molecular formula is C14H15ClFN3O2. The Labute approximate surface area is 126 Å². The second kappa shape index (κ2) is 6.58. The van der Waals surface area contributed by atoms with Crippen molar-refractivity contribution in [2.45, 2.75) is 13.5 Å². The minimum atomic E-state index is -0.431. The van der Waals surface area contributed by atoms with Gasteiger partial charge in [0.25, 0.3) is 0 Å². The monoisotopic (exact) mass is 311 g/mol. The van der Waals surface area contributed by atoms with Crippen LogP contribution in [0.1, 0.15) is 23.0 Å². The van der Waals surface area contributed by atoms with Crippen LogP contribution in [0.25, 0.3) is 0 Å². The van der Waals surface area contributed by atoms with E-state index in [1.807, 2.05) is 0 Å². The molecule has 1 aromatic heterocycles. The number of carbonyl (C=O) groups is 1. The van der Waals surface area contributed by atoms with Crippen molar-refractivity contribution in [2.75, 3.05) is 11.9 Å². The van der Waals surface area contributed by atoms with Crippen LogP contribution in [0.4, 0.5) is 10.1 Å². The molecule has 0 unspecified atom stereocenters. The first-order valence-electron chi connectivity index (χ1n) is 6.39. The normalized spacial score (nSPS) is 10.5. The van der Waals surface area contributed by atoms with Gasteiger partial charge in [0.1, 0.15) is 11.4 Å². The lowest BCUT2D eigenvalue weighted by atomic mass is 10.2. The fourth-order valence-corrected chi connectivity index (χ4v) is 2.12. The van der Waals surface area contributed by atoms with Gasteiger partial charge in [0.2, 0.25) is 0 Å². The molecule has 0 saturated carbocycles. The third kappa shape index (κ3) is 3.72. The number of aryl methyl sites for hydroxylation is 1. The second-order valence-corrected chi connectivity index (χ2v) is 4.80. The first-order valence-corrected chi connectivity index (χ1v) is 6.77. The van der Waals surface area contributed by atoms with Gasteiger partial charge in [0, 0.05) is 17.8 Å². The number of benzene rings is 1. The van der Waals surface area contributed by atoms with Crippen LogP contribution in [0.5, 0.6) is 0 Å². The van der Waals surface area contributed by atoms with E-state index in [-0.39, 0.29) is 0 Å². The lowest BCUT2D eigenvalue weighted by Crippen LogP contribution is -2.12. The van der Waals surface area contributed by atoms with E-state index in [0.29, 0.717) is 35.1 Å². The van der Waals surface area contributed by atoms with Gasteiger partial charge in [0.15, 0.2) is 0 Å². The molecule has 2 rings (SSSR count). The number of hydrogen-bond donors (Lipinski definition) is 1. The standard InChI is InChI=1S/C14H15ClFN3O2/c1-3-21-14(20)12-7-18-19(2)13(12)8-17-11-5-9(15)4-10(16)6-11/h4-7,17H,3,8H2,1-2H3. The number of rotatable bonds is 5. The predicted molar refractivity (Wildman–Crippen MR) is 77.9 cm³/mol. The summed E-state index contributed by atoms with van der Waals surface area (Å²) in [6, 6.07) is 4.15. The molecule has 21 heavy (non-hydrogen) atoms. The van der Waals surface area contributed by atoms with Crippen molar-refractivity contribution in [3.63, 3.8) is 0 Å². The molecule has 0 radical (unpaired) electrons. The summed E-state index contributed by atoms with van der Waals surface area (Å²) in [6.07, 6.45) is 1.45. The highest BCUT2D eigenvalue weighted by molar-refractivity contribution is 6.30. The molecule has 0 bridgehead atoms. The van der Waals surface area contributed by atoms with E-state index in [2.05, 4.69) is 10.4 Å².